The van der Waals surface area contributed by atoms with Crippen LogP contribution in [0.25, 0.3) is 22.1 Å². The molecule has 4 N–H and O–H groups in total. The molecule has 394 valence electrons. The Hall–Kier alpha value is -3.30. The van der Waals surface area contributed by atoms with Gasteiger partial charge in [-0.3, -0.25) is 0 Å². The van der Waals surface area contributed by atoms with Crippen LogP contribution >= 0.6 is 9.24 Å². The van der Waals surface area contributed by atoms with Gasteiger partial charge in [0.05, 0.1) is 12.2 Å². The zero-order chi connectivity index (χ0) is 53.9. The third kappa shape index (κ3) is 12.2. The summed E-state index contributed by atoms with van der Waals surface area (Å²) in [5.74, 6) is 0.213. The summed E-state index contributed by atoms with van der Waals surface area (Å²) in [7, 11) is -1.66. The summed E-state index contributed by atoms with van der Waals surface area (Å²) in [4.78, 5) is 34.0. The minimum absolute atomic E-state index is 0.0413. The number of hydrogen-bond acceptors (Lipinski definition) is 8. The number of carbonyl (C=O) groups is 2. The lowest BCUT2D eigenvalue weighted by atomic mass is 9.74. The van der Waals surface area contributed by atoms with Gasteiger partial charge >= 0.3 is 12.2 Å². The maximum atomic E-state index is 12.1. The SMILES string of the molecule is Cc1cnc2c(ccn2[Si](C(C)C)(C(C)C)C(C)C)c1C(O)C1CC(NC(=O)OC(C)(C)C)C1.Cc1cnc2c(ccn2[Si](C(C)C)(C(C)C)C(C)C)c1C(O)C1CC(NC(=O)OC(C)(C)C)C1.[2H]CP. The van der Waals surface area contributed by atoms with E-state index in [9.17, 15) is 19.8 Å². The summed E-state index contributed by atoms with van der Waals surface area (Å²) < 4.78 is 21.9. The number of alkyl carbamates (subject to hydrolysis) is 2. The summed E-state index contributed by atoms with van der Waals surface area (Å²) in [5.41, 5.74) is 8.37. The molecule has 2 amide bonds. The number of nitrogens with zero attached hydrogens (tertiary/aromatic N) is 4. The van der Waals surface area contributed by atoms with E-state index in [-0.39, 0.29) is 36.1 Å². The van der Waals surface area contributed by atoms with Gasteiger partial charge in [-0.05, 0) is 173 Å². The van der Waals surface area contributed by atoms with Gasteiger partial charge in [0.15, 0.2) is 16.5 Å². The number of rotatable bonds is 14. The third-order valence-electron chi connectivity index (χ3n) is 15.6. The van der Waals surface area contributed by atoms with Crippen LogP contribution in [0.1, 0.15) is 186 Å². The van der Waals surface area contributed by atoms with Crippen molar-refractivity contribution in [3.63, 3.8) is 0 Å². The van der Waals surface area contributed by atoms with Gasteiger partial charge in [0.2, 0.25) is 0 Å². The lowest BCUT2D eigenvalue weighted by molar-refractivity contribution is 0.0229. The first kappa shape index (κ1) is 57.6. The van der Waals surface area contributed by atoms with E-state index < -0.39 is 39.9 Å². The molecule has 2 fully saturated rings. The third-order valence-corrected chi connectivity index (χ3v) is 29.1. The van der Waals surface area contributed by atoms with Crippen LogP contribution in [0.15, 0.2) is 36.9 Å². The second kappa shape index (κ2) is 23.3. The Morgan fingerprint density at radius 3 is 1.14 bits per heavy atom. The van der Waals surface area contributed by atoms with E-state index in [1.165, 1.54) is 0 Å². The molecule has 6 rings (SSSR count). The zero-order valence-corrected chi connectivity index (χ0v) is 50.0. The number of carbonyl (C=O) groups excluding carboxylic acids is 2. The number of fused-ring (bicyclic) bond motifs is 2. The van der Waals surface area contributed by atoms with Gasteiger partial charge < -0.3 is 38.8 Å². The Morgan fingerprint density at radius 2 is 0.900 bits per heavy atom. The molecule has 0 bridgehead atoms. The number of amides is 2. The van der Waals surface area contributed by atoms with Crippen LogP contribution < -0.4 is 10.6 Å². The molecular weight excluding hydrogens is 928 g/mol. The largest absolute Gasteiger partial charge is 0.444 e. The molecule has 3 atom stereocenters. The molecule has 0 aromatic carbocycles. The van der Waals surface area contributed by atoms with Crippen LogP contribution in [-0.4, -0.2) is 87.2 Å². The van der Waals surface area contributed by atoms with E-state index in [1.54, 1.807) is 0 Å². The maximum Gasteiger partial charge on any atom is 0.407 e. The van der Waals surface area contributed by atoms with Crippen LogP contribution in [0.4, 0.5) is 9.59 Å². The Balaban J connectivity index is 0.000000292. The second-order valence-corrected chi connectivity index (χ2v) is 35.7. The first-order valence-electron chi connectivity index (χ1n) is 26.8. The Labute approximate surface area is 428 Å². The van der Waals surface area contributed by atoms with Crippen molar-refractivity contribution in [2.24, 2.45) is 11.8 Å². The number of nitrogens with one attached hydrogen (secondary N) is 2. The highest BCUT2D eigenvalue weighted by atomic mass is 31.0. The lowest BCUT2D eigenvalue weighted by Gasteiger charge is -2.44. The van der Waals surface area contributed by atoms with Crippen LogP contribution in [0, 0.1) is 25.7 Å². The highest BCUT2D eigenvalue weighted by molar-refractivity contribution is 7.15. The molecule has 4 heterocycles. The molecule has 3 unspecified atom stereocenters. The van der Waals surface area contributed by atoms with Crippen LogP contribution in [-0.2, 0) is 9.47 Å². The molecule has 4 aromatic heterocycles. The minimum atomic E-state index is -1.95. The maximum absolute atomic E-state index is 12.1. The van der Waals surface area contributed by atoms with Gasteiger partial charge in [-0.2, -0.15) is 0 Å². The number of ether oxygens (including phenoxy) is 2. The predicted molar refractivity (Wildman–Crippen MR) is 299 cm³/mol. The second-order valence-electron chi connectivity index (χ2n) is 24.3. The van der Waals surface area contributed by atoms with Crippen molar-refractivity contribution in [2.45, 2.75) is 233 Å². The monoisotopic (exact) mass is 1020 g/mol. The fraction of sp³-hybridized carbons (Fsp3) is 0.709. The molecule has 0 aliphatic heterocycles. The van der Waals surface area contributed by atoms with Crippen LogP contribution in [0.2, 0.25) is 33.2 Å². The molecule has 0 spiro atoms. The van der Waals surface area contributed by atoms with Gasteiger partial charge in [0, 0.05) is 36.6 Å². The zero-order valence-electron chi connectivity index (χ0n) is 47.8. The Morgan fingerprint density at radius 1 is 0.629 bits per heavy atom. The molecule has 70 heavy (non-hydrogen) atoms. The van der Waals surface area contributed by atoms with Gasteiger partial charge in [-0.15, -0.1) is 9.24 Å². The quantitative estimate of drug-likeness (QED) is 0.0719. The van der Waals surface area contributed by atoms with Gasteiger partial charge in [-0.1, -0.05) is 89.7 Å². The van der Waals surface area contributed by atoms with E-state index in [1.807, 2.05) is 67.8 Å². The molecule has 0 saturated heterocycles. The standard InChI is InChI=1S/2C27H45N3O3Si.CH5P/c2*1-16(2)34(17(3)4,18(5)6)30-12-11-22-23(19(7)15-28-25(22)30)24(31)20-13-21(14-20)29-26(32)33-27(8,9)10;1-2/h2*11-12,15-18,20-21,24,31H,13-14H2,1-10H3,(H,29,32);2H2,1H3/i;;1D. The number of pyridine rings is 2. The lowest BCUT2D eigenvalue weighted by Crippen LogP contribution is -2.51. The predicted octanol–water partition coefficient (Wildman–Crippen LogP) is 13.9. The summed E-state index contributed by atoms with van der Waals surface area (Å²) >= 11 is 0. The van der Waals surface area contributed by atoms with E-state index >= 15 is 0 Å². The summed E-state index contributed by atoms with van der Waals surface area (Å²) in [6.07, 6.45) is 9.35. The molecule has 15 heteroatoms. The first-order chi connectivity index (χ1) is 32.8. The Bertz CT molecular complexity index is 2190. The van der Waals surface area contributed by atoms with Crippen molar-refractivity contribution in [2.75, 3.05) is 6.64 Å². The average molecular weight is 1020 g/mol. The van der Waals surface area contributed by atoms with Crippen molar-refractivity contribution >= 4 is 60.0 Å². The molecule has 2 aliphatic carbocycles. The van der Waals surface area contributed by atoms with Crippen molar-refractivity contribution in [1.82, 2.24) is 29.1 Å². The van der Waals surface area contributed by atoms with Crippen molar-refractivity contribution in [3.05, 3.63) is 59.2 Å². The highest BCUT2D eigenvalue weighted by Crippen LogP contribution is 2.48. The molecular formula is C55H95N6O6PSi2. The van der Waals surface area contributed by atoms with E-state index in [2.05, 4.69) is 136 Å². The number of aryl methyl sites for hydroxylation is 2. The fourth-order valence-corrected chi connectivity index (χ4v) is 26.1. The number of aliphatic hydroxyl groups is 2. The van der Waals surface area contributed by atoms with Crippen LogP contribution in [0.5, 0.6) is 0 Å². The van der Waals surface area contributed by atoms with Crippen molar-refractivity contribution in [1.29, 1.82) is 0 Å². The highest BCUT2D eigenvalue weighted by Gasteiger charge is 2.48. The number of aromatic nitrogens is 4. The smallest absolute Gasteiger partial charge is 0.407 e. The summed E-state index contributed by atoms with van der Waals surface area (Å²) in [6, 6.07) is 4.41. The number of aliphatic hydroxyl groups excluding tert-OH is 2. The van der Waals surface area contributed by atoms with Crippen molar-refractivity contribution in [3.8, 4) is 0 Å². The molecule has 2 saturated carbocycles. The molecule has 0 radical (unpaired) electrons. The number of hydrogen-bond donors (Lipinski definition) is 4. The van der Waals surface area contributed by atoms with E-state index in [4.69, 9.17) is 20.8 Å². The topological polar surface area (TPSA) is 153 Å². The van der Waals surface area contributed by atoms with Gasteiger partial charge in [0.25, 0.3) is 0 Å². The molecule has 12 nitrogen and oxygen atoms in total. The minimum Gasteiger partial charge on any atom is -0.444 e. The van der Waals surface area contributed by atoms with Crippen LogP contribution in [0.3, 0.4) is 0 Å². The normalized spacial score (nSPS) is 19.9. The summed E-state index contributed by atoms with van der Waals surface area (Å²) in [6.45, 7) is 43.9. The van der Waals surface area contributed by atoms with Gasteiger partial charge in [0.1, 0.15) is 22.5 Å². The average Bonchev–Trinajstić information content (AvgIpc) is 3.80. The Kier molecular flexibility index (Phi) is 19.2. The van der Waals surface area contributed by atoms with E-state index in [0.29, 0.717) is 39.9 Å². The first-order valence-corrected chi connectivity index (χ1v) is 31.3. The molecule has 2 aliphatic rings. The summed E-state index contributed by atoms with van der Waals surface area (Å²) in [5, 5.41) is 30.9. The van der Waals surface area contributed by atoms with Crippen molar-refractivity contribution < 1.29 is 30.6 Å². The van der Waals surface area contributed by atoms with E-state index in [0.717, 1.165) is 70.0 Å². The van der Waals surface area contributed by atoms with Gasteiger partial charge in [-0.25, -0.2) is 19.6 Å². The molecule has 4 aromatic rings. The fourth-order valence-electron chi connectivity index (χ4n) is 13.0.